The second-order valence-corrected chi connectivity index (χ2v) is 8.18. The number of ether oxygens (including phenoxy) is 1. The number of carbonyl (C=O) groups is 1. The number of aryl methyl sites for hydroxylation is 1. The molecule has 0 radical (unpaired) electrons. The molecule has 1 aromatic heterocycles. The van der Waals surface area contributed by atoms with Gasteiger partial charge < -0.3 is 10.1 Å². The summed E-state index contributed by atoms with van der Waals surface area (Å²) in [6, 6.07) is 2.20. The highest BCUT2D eigenvalue weighted by Crippen LogP contribution is 2.47. The quantitative estimate of drug-likeness (QED) is 0.923. The lowest BCUT2D eigenvalue weighted by Gasteiger charge is -2.18. The molecule has 122 valence electrons. The summed E-state index contributed by atoms with van der Waals surface area (Å²) in [5.41, 5.74) is 1.57. The van der Waals surface area contributed by atoms with E-state index in [0.717, 1.165) is 23.5 Å². The van der Waals surface area contributed by atoms with Gasteiger partial charge in [-0.05, 0) is 32.3 Å². The summed E-state index contributed by atoms with van der Waals surface area (Å²) in [4.78, 5) is 15.7. The average molecular weight is 331 g/mol. The van der Waals surface area contributed by atoms with E-state index >= 15 is 0 Å². The van der Waals surface area contributed by atoms with Gasteiger partial charge in [0.1, 0.15) is 11.1 Å². The van der Waals surface area contributed by atoms with Gasteiger partial charge >= 0.3 is 0 Å². The molecule has 0 saturated carbocycles. The average Bonchev–Trinajstić information content (AvgIpc) is 3.22. The number of hydrogen-bond acceptors (Lipinski definition) is 5. The Balaban J connectivity index is 1.38. The lowest BCUT2D eigenvalue weighted by molar-refractivity contribution is -0.117. The Morgan fingerprint density at radius 1 is 1.35 bits per heavy atom. The predicted molar refractivity (Wildman–Crippen MR) is 88.5 cm³/mol. The van der Waals surface area contributed by atoms with Crippen molar-refractivity contribution in [1.82, 2.24) is 4.90 Å². The molecule has 23 heavy (non-hydrogen) atoms. The number of nitriles is 1. The molecule has 0 aromatic carbocycles. The molecule has 0 spiro atoms. The number of nitrogens with one attached hydrogen (secondary N) is 1. The van der Waals surface area contributed by atoms with Gasteiger partial charge in [0, 0.05) is 29.8 Å². The van der Waals surface area contributed by atoms with E-state index in [2.05, 4.69) is 16.3 Å². The summed E-state index contributed by atoms with van der Waals surface area (Å²) in [7, 11) is 0. The van der Waals surface area contributed by atoms with Crippen LogP contribution in [0.3, 0.4) is 0 Å². The van der Waals surface area contributed by atoms with E-state index in [9.17, 15) is 10.1 Å². The molecular weight excluding hydrogens is 310 g/mol. The van der Waals surface area contributed by atoms with Crippen molar-refractivity contribution in [2.75, 3.05) is 25.0 Å². The molecule has 4 atom stereocenters. The van der Waals surface area contributed by atoms with Gasteiger partial charge in [-0.1, -0.05) is 0 Å². The highest BCUT2D eigenvalue weighted by atomic mass is 32.1. The lowest BCUT2D eigenvalue weighted by atomic mass is 9.82. The minimum atomic E-state index is -0.0176. The molecule has 3 fully saturated rings. The maximum absolute atomic E-state index is 12.4. The maximum Gasteiger partial charge on any atom is 0.239 e. The van der Waals surface area contributed by atoms with E-state index in [4.69, 9.17) is 4.74 Å². The largest absolute Gasteiger partial charge is 0.374 e. The van der Waals surface area contributed by atoms with Crippen molar-refractivity contribution in [3.63, 3.8) is 0 Å². The van der Waals surface area contributed by atoms with Crippen LogP contribution < -0.4 is 5.32 Å². The zero-order valence-corrected chi connectivity index (χ0v) is 14.3. The van der Waals surface area contributed by atoms with Crippen LogP contribution in [0.5, 0.6) is 0 Å². The minimum Gasteiger partial charge on any atom is -0.374 e. The molecule has 0 aliphatic carbocycles. The molecular formula is C17H21N3O2S. The molecule has 2 bridgehead atoms. The summed E-state index contributed by atoms with van der Waals surface area (Å²) < 4.78 is 5.97. The van der Waals surface area contributed by atoms with Gasteiger partial charge in [0.05, 0.1) is 24.3 Å². The minimum absolute atomic E-state index is 0.0176. The van der Waals surface area contributed by atoms with Crippen molar-refractivity contribution in [1.29, 1.82) is 5.26 Å². The topological polar surface area (TPSA) is 65.4 Å². The molecule has 3 aliphatic heterocycles. The van der Waals surface area contributed by atoms with Gasteiger partial charge in [-0.2, -0.15) is 5.26 Å². The van der Waals surface area contributed by atoms with Gasteiger partial charge in [0.15, 0.2) is 0 Å². The van der Waals surface area contributed by atoms with Gasteiger partial charge in [0.25, 0.3) is 0 Å². The third-order valence-corrected chi connectivity index (χ3v) is 6.77. The summed E-state index contributed by atoms with van der Waals surface area (Å²) in [5.74, 6) is 1.21. The second kappa shape index (κ2) is 5.59. The van der Waals surface area contributed by atoms with Gasteiger partial charge in [-0.3, -0.25) is 9.69 Å². The van der Waals surface area contributed by atoms with E-state index < -0.39 is 0 Å². The second-order valence-electron chi connectivity index (χ2n) is 6.96. The third kappa shape index (κ3) is 2.47. The third-order valence-electron chi connectivity index (χ3n) is 5.65. The molecule has 4 rings (SSSR count). The molecule has 5 nitrogen and oxygen atoms in total. The highest BCUT2D eigenvalue weighted by Gasteiger charge is 2.52. The Bertz CT molecular complexity index is 675. The van der Waals surface area contributed by atoms with Crippen molar-refractivity contribution in [2.24, 2.45) is 11.8 Å². The van der Waals surface area contributed by atoms with E-state index in [1.165, 1.54) is 24.2 Å². The van der Waals surface area contributed by atoms with Crippen LogP contribution in [0.15, 0.2) is 0 Å². The molecule has 4 heterocycles. The molecule has 1 N–H and O–H groups in total. The first-order valence-electron chi connectivity index (χ1n) is 8.24. The number of carbonyl (C=O) groups excluding carboxylic acids is 1. The standard InChI is InChI=1S/C17H21N3O2S/c1-9-10(2)23-17(11(9)5-18)19-16(21)8-20-6-12-13(7-20)15-4-3-14(12)22-15/h12-15H,3-4,6-8H2,1-2H3,(H,19,21). The van der Waals surface area contributed by atoms with Crippen LogP contribution in [0.1, 0.15) is 28.8 Å². The van der Waals surface area contributed by atoms with Crippen molar-refractivity contribution in [2.45, 2.75) is 38.9 Å². The van der Waals surface area contributed by atoms with Crippen LogP contribution in [0.2, 0.25) is 0 Å². The molecule has 6 heteroatoms. The molecule has 3 saturated heterocycles. The van der Waals surface area contributed by atoms with Crippen LogP contribution in [0, 0.1) is 37.0 Å². The number of rotatable bonds is 3. The van der Waals surface area contributed by atoms with Crippen LogP contribution >= 0.6 is 11.3 Å². The first-order valence-corrected chi connectivity index (χ1v) is 9.06. The lowest BCUT2D eigenvalue weighted by Crippen LogP contribution is -2.33. The van der Waals surface area contributed by atoms with Crippen molar-refractivity contribution in [3.8, 4) is 6.07 Å². The smallest absolute Gasteiger partial charge is 0.239 e. The molecule has 3 aliphatic rings. The highest BCUT2D eigenvalue weighted by molar-refractivity contribution is 7.16. The van der Waals surface area contributed by atoms with Crippen LogP contribution in [0.25, 0.3) is 0 Å². The number of fused-ring (bicyclic) bond motifs is 5. The van der Waals surface area contributed by atoms with Crippen LogP contribution in [-0.4, -0.2) is 42.6 Å². The summed E-state index contributed by atoms with van der Waals surface area (Å²) in [6.45, 7) is 6.25. The Labute approximate surface area is 140 Å². The Hall–Kier alpha value is -1.42. The van der Waals surface area contributed by atoms with Gasteiger partial charge in [-0.15, -0.1) is 11.3 Å². The van der Waals surface area contributed by atoms with Crippen LogP contribution in [0.4, 0.5) is 5.00 Å². The van der Waals surface area contributed by atoms with E-state index in [0.29, 0.717) is 41.2 Å². The van der Waals surface area contributed by atoms with Gasteiger partial charge in [0.2, 0.25) is 5.91 Å². The Morgan fingerprint density at radius 2 is 2.00 bits per heavy atom. The SMILES string of the molecule is Cc1sc(NC(=O)CN2CC3C4CCC(O4)C3C2)c(C#N)c1C. The number of nitrogens with zero attached hydrogens (tertiary/aromatic N) is 2. The fourth-order valence-corrected chi connectivity index (χ4v) is 5.42. The first-order chi connectivity index (χ1) is 11.1. The molecule has 1 aromatic rings. The number of thiophene rings is 1. The number of likely N-dealkylation sites (tertiary alicyclic amines) is 1. The Kier molecular flexibility index (Phi) is 3.67. The number of amides is 1. The normalized spacial score (nSPS) is 32.0. The predicted octanol–water partition coefficient (Wildman–Crippen LogP) is 2.28. The van der Waals surface area contributed by atoms with E-state index in [1.54, 1.807) is 0 Å². The van der Waals surface area contributed by atoms with Crippen molar-refractivity contribution >= 4 is 22.2 Å². The zero-order chi connectivity index (χ0) is 16.1. The number of anilines is 1. The monoisotopic (exact) mass is 331 g/mol. The summed E-state index contributed by atoms with van der Waals surface area (Å²) in [5, 5.41) is 12.9. The molecule has 4 unspecified atom stereocenters. The first kappa shape index (κ1) is 15.1. The summed E-state index contributed by atoms with van der Waals surface area (Å²) >= 11 is 1.49. The maximum atomic E-state index is 12.4. The zero-order valence-electron chi connectivity index (χ0n) is 13.5. The fourth-order valence-electron chi connectivity index (χ4n) is 4.40. The fraction of sp³-hybridized carbons (Fsp3) is 0.647. The van der Waals surface area contributed by atoms with Crippen molar-refractivity contribution in [3.05, 3.63) is 16.0 Å². The van der Waals surface area contributed by atoms with Crippen LogP contribution in [-0.2, 0) is 9.53 Å². The van der Waals surface area contributed by atoms with Crippen molar-refractivity contribution < 1.29 is 9.53 Å². The van der Waals surface area contributed by atoms with E-state index in [-0.39, 0.29) is 5.91 Å². The molecule has 1 amide bonds. The Morgan fingerprint density at radius 3 is 2.61 bits per heavy atom. The van der Waals surface area contributed by atoms with E-state index in [1.807, 2.05) is 13.8 Å². The number of hydrogen-bond donors (Lipinski definition) is 1. The summed E-state index contributed by atoms with van der Waals surface area (Å²) in [6.07, 6.45) is 3.22. The van der Waals surface area contributed by atoms with Gasteiger partial charge in [-0.25, -0.2) is 0 Å².